The van der Waals surface area contributed by atoms with Crippen molar-refractivity contribution in [1.29, 1.82) is 0 Å². The third kappa shape index (κ3) is 2.47. The standard InChI is InChI=1S/C15H18NO7P/c1-4-22-24(19,23-5-2)14-13(17)9-6-11-12(21-8-20-11)7-10(9)16(3)15(14)18/h6-7,17H,4-5,8H2,1-3H3. The van der Waals surface area contributed by atoms with E-state index in [4.69, 9.17) is 18.5 Å². The molecule has 130 valence electrons. The molecular weight excluding hydrogens is 337 g/mol. The lowest BCUT2D eigenvalue weighted by Gasteiger charge is -2.19. The number of pyridine rings is 1. The second-order valence-corrected chi connectivity index (χ2v) is 7.08. The first-order chi connectivity index (χ1) is 11.4. The molecule has 0 radical (unpaired) electrons. The Bertz CT molecular complexity index is 895. The molecule has 1 aliphatic rings. The Balaban J connectivity index is 2.35. The van der Waals surface area contributed by atoms with Crippen molar-refractivity contribution in [2.45, 2.75) is 13.8 Å². The third-order valence-corrected chi connectivity index (χ3v) is 5.86. The summed E-state index contributed by atoms with van der Waals surface area (Å²) < 4.78 is 35.3. The first-order valence-corrected chi connectivity index (χ1v) is 9.02. The fourth-order valence-electron chi connectivity index (χ4n) is 2.65. The summed E-state index contributed by atoms with van der Waals surface area (Å²) in [5.74, 6) is 0.476. The number of aromatic nitrogens is 1. The minimum absolute atomic E-state index is 0.0591. The molecule has 0 fully saturated rings. The van der Waals surface area contributed by atoms with Crippen LogP contribution in [0.15, 0.2) is 16.9 Å². The third-order valence-electron chi connectivity index (χ3n) is 3.71. The monoisotopic (exact) mass is 355 g/mol. The van der Waals surface area contributed by atoms with Gasteiger partial charge in [-0.25, -0.2) is 0 Å². The average Bonchev–Trinajstić information content (AvgIpc) is 2.99. The lowest BCUT2D eigenvalue weighted by atomic mass is 10.1. The molecular formula is C15H18NO7P. The van der Waals surface area contributed by atoms with Crippen LogP contribution in [0.3, 0.4) is 0 Å². The van der Waals surface area contributed by atoms with E-state index in [2.05, 4.69) is 0 Å². The van der Waals surface area contributed by atoms with Gasteiger partial charge in [0.2, 0.25) is 6.79 Å². The largest absolute Gasteiger partial charge is 0.506 e. The number of aromatic hydroxyl groups is 1. The van der Waals surface area contributed by atoms with Gasteiger partial charge < -0.3 is 28.2 Å². The average molecular weight is 355 g/mol. The highest BCUT2D eigenvalue weighted by Crippen LogP contribution is 2.49. The topological polar surface area (TPSA) is 96.2 Å². The SMILES string of the molecule is CCOP(=O)(OCC)c1c(O)c2cc3c(cc2n(C)c1=O)OCO3. The summed E-state index contributed by atoms with van der Waals surface area (Å²) in [6.07, 6.45) is 0. The molecule has 1 aliphatic heterocycles. The molecule has 0 aliphatic carbocycles. The minimum atomic E-state index is -3.95. The highest BCUT2D eigenvalue weighted by Gasteiger charge is 2.36. The van der Waals surface area contributed by atoms with E-state index < -0.39 is 18.9 Å². The van der Waals surface area contributed by atoms with E-state index >= 15 is 0 Å². The lowest BCUT2D eigenvalue weighted by Crippen LogP contribution is -2.34. The van der Waals surface area contributed by atoms with E-state index in [1.54, 1.807) is 19.9 Å². The molecule has 1 aromatic carbocycles. The predicted molar refractivity (Wildman–Crippen MR) is 87.5 cm³/mol. The highest BCUT2D eigenvalue weighted by atomic mass is 31.2. The molecule has 24 heavy (non-hydrogen) atoms. The highest BCUT2D eigenvalue weighted by molar-refractivity contribution is 7.62. The summed E-state index contributed by atoms with van der Waals surface area (Å²) in [6, 6.07) is 3.13. The van der Waals surface area contributed by atoms with Gasteiger partial charge in [0.05, 0.1) is 18.7 Å². The van der Waals surface area contributed by atoms with Crippen LogP contribution in [0.4, 0.5) is 0 Å². The fraction of sp³-hybridized carbons (Fsp3) is 0.400. The van der Waals surface area contributed by atoms with Crippen LogP contribution in [-0.4, -0.2) is 29.7 Å². The number of rotatable bonds is 5. The van der Waals surface area contributed by atoms with E-state index in [0.717, 1.165) is 0 Å². The zero-order valence-corrected chi connectivity index (χ0v) is 14.5. The van der Waals surface area contributed by atoms with E-state index in [1.165, 1.54) is 17.7 Å². The van der Waals surface area contributed by atoms with Crippen LogP contribution < -0.4 is 20.3 Å². The molecule has 8 nitrogen and oxygen atoms in total. The quantitative estimate of drug-likeness (QED) is 0.818. The van der Waals surface area contributed by atoms with Crippen molar-refractivity contribution in [2.24, 2.45) is 7.05 Å². The van der Waals surface area contributed by atoms with Gasteiger partial charge in [-0.1, -0.05) is 0 Å². The maximum Gasteiger partial charge on any atom is 0.370 e. The van der Waals surface area contributed by atoms with E-state index in [0.29, 0.717) is 22.4 Å². The van der Waals surface area contributed by atoms with E-state index in [1.807, 2.05) is 0 Å². The fourth-order valence-corrected chi connectivity index (χ4v) is 4.43. The Labute approximate surface area is 138 Å². The molecule has 0 saturated carbocycles. The van der Waals surface area contributed by atoms with Crippen molar-refractivity contribution in [1.82, 2.24) is 4.57 Å². The summed E-state index contributed by atoms with van der Waals surface area (Å²) in [6.45, 7) is 3.46. The molecule has 9 heteroatoms. The van der Waals surface area contributed by atoms with Gasteiger partial charge in [-0.3, -0.25) is 9.36 Å². The Morgan fingerprint density at radius 2 is 1.79 bits per heavy atom. The molecule has 0 atom stereocenters. The number of ether oxygens (including phenoxy) is 2. The Hall–Kier alpha value is -2.02. The molecule has 0 unspecified atom stereocenters. The molecule has 1 N–H and O–H groups in total. The van der Waals surface area contributed by atoms with Crippen molar-refractivity contribution in [3.05, 3.63) is 22.5 Å². The van der Waals surface area contributed by atoms with Gasteiger partial charge in [0, 0.05) is 18.5 Å². The molecule has 1 aromatic heterocycles. The van der Waals surface area contributed by atoms with Crippen LogP contribution in [-0.2, 0) is 20.7 Å². The van der Waals surface area contributed by atoms with Crippen LogP contribution in [0.1, 0.15) is 13.8 Å². The zero-order valence-electron chi connectivity index (χ0n) is 13.6. The van der Waals surface area contributed by atoms with Gasteiger partial charge in [-0.2, -0.15) is 0 Å². The summed E-state index contributed by atoms with van der Waals surface area (Å²) >= 11 is 0. The number of nitrogens with zero attached hydrogens (tertiary/aromatic N) is 1. The van der Waals surface area contributed by atoms with E-state index in [-0.39, 0.29) is 25.3 Å². The maximum atomic E-state index is 13.0. The van der Waals surface area contributed by atoms with Crippen molar-refractivity contribution < 1.29 is 28.2 Å². The zero-order chi connectivity index (χ0) is 17.5. The van der Waals surface area contributed by atoms with Crippen LogP contribution >= 0.6 is 7.60 Å². The number of hydrogen-bond acceptors (Lipinski definition) is 7. The van der Waals surface area contributed by atoms with Crippen LogP contribution in [0.25, 0.3) is 10.9 Å². The van der Waals surface area contributed by atoms with Crippen molar-refractivity contribution in [2.75, 3.05) is 20.0 Å². The molecule has 0 spiro atoms. The van der Waals surface area contributed by atoms with Gasteiger partial charge in [0.1, 0.15) is 5.75 Å². The maximum absolute atomic E-state index is 13.0. The number of hydrogen-bond donors (Lipinski definition) is 1. The molecule has 2 heterocycles. The second kappa shape index (κ2) is 6.12. The minimum Gasteiger partial charge on any atom is -0.506 e. The number of aryl methyl sites for hydroxylation is 1. The summed E-state index contributed by atoms with van der Waals surface area (Å²) in [4.78, 5) is 12.7. The summed E-state index contributed by atoms with van der Waals surface area (Å²) in [7, 11) is -2.44. The van der Waals surface area contributed by atoms with Gasteiger partial charge in [-0.15, -0.1) is 0 Å². The number of fused-ring (bicyclic) bond motifs is 2. The van der Waals surface area contributed by atoms with E-state index in [9.17, 15) is 14.5 Å². The van der Waals surface area contributed by atoms with Gasteiger partial charge in [0.15, 0.2) is 16.8 Å². The molecule has 0 bridgehead atoms. The molecule has 0 amide bonds. The Morgan fingerprint density at radius 1 is 1.21 bits per heavy atom. The lowest BCUT2D eigenvalue weighted by molar-refractivity contribution is 0.174. The van der Waals surface area contributed by atoms with Crippen LogP contribution in [0, 0.1) is 0 Å². The normalized spacial score (nSPS) is 13.6. The predicted octanol–water partition coefficient (Wildman–Crippen LogP) is 1.86. The smallest absolute Gasteiger partial charge is 0.370 e. The molecule has 3 rings (SSSR count). The molecule has 0 saturated heterocycles. The van der Waals surface area contributed by atoms with Gasteiger partial charge in [0.25, 0.3) is 5.56 Å². The Kier molecular flexibility index (Phi) is 4.29. The second-order valence-electron chi connectivity index (χ2n) is 5.12. The first kappa shape index (κ1) is 16.8. The van der Waals surface area contributed by atoms with Crippen LogP contribution in [0.5, 0.6) is 17.2 Å². The van der Waals surface area contributed by atoms with Crippen molar-refractivity contribution >= 4 is 23.8 Å². The summed E-state index contributed by atoms with van der Waals surface area (Å²) in [5, 5.41) is 10.6. The molecule has 2 aromatic rings. The summed E-state index contributed by atoms with van der Waals surface area (Å²) in [5.41, 5.74) is -0.228. The van der Waals surface area contributed by atoms with Crippen molar-refractivity contribution in [3.8, 4) is 17.2 Å². The number of benzene rings is 1. The van der Waals surface area contributed by atoms with Gasteiger partial charge in [-0.05, 0) is 19.9 Å². The van der Waals surface area contributed by atoms with Crippen LogP contribution in [0.2, 0.25) is 0 Å². The van der Waals surface area contributed by atoms with Crippen molar-refractivity contribution in [3.63, 3.8) is 0 Å². The first-order valence-electron chi connectivity index (χ1n) is 7.48. The Morgan fingerprint density at radius 3 is 2.38 bits per heavy atom. The van der Waals surface area contributed by atoms with Gasteiger partial charge >= 0.3 is 7.60 Å².